The second kappa shape index (κ2) is 7.57. The molecule has 0 radical (unpaired) electrons. The highest BCUT2D eigenvalue weighted by molar-refractivity contribution is 5.85. The Labute approximate surface area is 111 Å². The van der Waals surface area contributed by atoms with Gasteiger partial charge in [-0.2, -0.15) is 0 Å². The summed E-state index contributed by atoms with van der Waals surface area (Å²) in [5.74, 6) is -1.40. The second-order valence-electron chi connectivity index (χ2n) is 4.25. The minimum absolute atomic E-state index is 0.0207. The average Bonchev–Trinajstić information content (AvgIpc) is 3.17. The number of urea groups is 1. The van der Waals surface area contributed by atoms with Gasteiger partial charge in [-0.25, -0.2) is 4.79 Å². The highest BCUT2D eigenvalue weighted by atomic mass is 16.5. The molecule has 1 fully saturated rings. The van der Waals surface area contributed by atoms with Gasteiger partial charge in [0.2, 0.25) is 5.91 Å². The third-order valence-electron chi connectivity index (χ3n) is 2.58. The molecule has 1 saturated carbocycles. The molecule has 3 N–H and O–H groups in total. The van der Waals surface area contributed by atoms with Crippen LogP contribution in [0.1, 0.15) is 12.8 Å². The molecule has 0 spiro atoms. The molecule has 19 heavy (non-hydrogen) atoms. The molecular formula is C11H19N3O5. The summed E-state index contributed by atoms with van der Waals surface area (Å²) in [5.41, 5.74) is 0. The van der Waals surface area contributed by atoms with Gasteiger partial charge >= 0.3 is 12.0 Å². The highest BCUT2D eigenvalue weighted by Gasteiger charge is 2.33. The maximum absolute atomic E-state index is 11.7. The van der Waals surface area contributed by atoms with E-state index in [9.17, 15) is 14.4 Å². The maximum Gasteiger partial charge on any atom is 0.323 e. The lowest BCUT2D eigenvalue weighted by molar-refractivity contribution is -0.137. The van der Waals surface area contributed by atoms with Crippen molar-refractivity contribution < 1.29 is 24.2 Å². The standard InChI is InChI=1S/C11H19N3O5/c1-19-5-4-12-9(15)6-13-11(18)14(7-10(16)17)8-2-3-8/h8H,2-7H2,1H3,(H,12,15)(H,13,18)(H,16,17). The molecule has 0 atom stereocenters. The lowest BCUT2D eigenvalue weighted by Crippen LogP contribution is -2.47. The van der Waals surface area contributed by atoms with Gasteiger partial charge in [0.25, 0.3) is 0 Å². The second-order valence-corrected chi connectivity index (χ2v) is 4.25. The summed E-state index contributed by atoms with van der Waals surface area (Å²) in [6, 6.07) is -0.542. The van der Waals surface area contributed by atoms with Gasteiger partial charge in [0.05, 0.1) is 13.2 Å². The Kier molecular flexibility index (Phi) is 6.07. The van der Waals surface area contributed by atoms with Gasteiger partial charge < -0.3 is 25.4 Å². The molecule has 0 aromatic heterocycles. The van der Waals surface area contributed by atoms with Crippen LogP contribution in [0.4, 0.5) is 4.79 Å². The van der Waals surface area contributed by atoms with Crippen molar-refractivity contribution in [3.63, 3.8) is 0 Å². The van der Waals surface area contributed by atoms with Crippen LogP contribution in [0.25, 0.3) is 0 Å². The summed E-state index contributed by atoms with van der Waals surface area (Å²) in [4.78, 5) is 35.0. The number of carbonyl (C=O) groups excluding carboxylic acids is 2. The summed E-state index contributed by atoms with van der Waals surface area (Å²) >= 11 is 0. The third-order valence-corrected chi connectivity index (χ3v) is 2.58. The molecule has 1 rings (SSSR count). The molecule has 108 valence electrons. The quantitative estimate of drug-likeness (QED) is 0.492. The van der Waals surface area contributed by atoms with Crippen LogP contribution in [-0.4, -0.2) is 67.3 Å². The lowest BCUT2D eigenvalue weighted by Gasteiger charge is -2.20. The first-order valence-corrected chi connectivity index (χ1v) is 6.06. The Morgan fingerprint density at radius 2 is 2.00 bits per heavy atom. The van der Waals surface area contributed by atoms with Gasteiger partial charge in [-0.05, 0) is 12.8 Å². The molecule has 3 amide bonds. The number of amides is 3. The molecule has 1 aliphatic rings. The molecule has 0 aliphatic heterocycles. The van der Waals surface area contributed by atoms with E-state index >= 15 is 0 Å². The van der Waals surface area contributed by atoms with Crippen molar-refractivity contribution in [1.29, 1.82) is 0 Å². The normalized spacial score (nSPS) is 13.7. The van der Waals surface area contributed by atoms with Crippen molar-refractivity contribution in [2.45, 2.75) is 18.9 Å². The lowest BCUT2D eigenvalue weighted by atomic mass is 10.4. The molecule has 0 unspecified atom stereocenters. The molecule has 0 heterocycles. The summed E-state index contributed by atoms with van der Waals surface area (Å²) in [6.07, 6.45) is 1.61. The van der Waals surface area contributed by atoms with E-state index < -0.39 is 12.0 Å². The van der Waals surface area contributed by atoms with Crippen molar-refractivity contribution in [1.82, 2.24) is 15.5 Å². The topological polar surface area (TPSA) is 108 Å². The smallest absolute Gasteiger partial charge is 0.323 e. The summed E-state index contributed by atoms with van der Waals surface area (Å²) in [6.45, 7) is 0.243. The summed E-state index contributed by atoms with van der Waals surface area (Å²) < 4.78 is 4.76. The Morgan fingerprint density at radius 3 is 2.53 bits per heavy atom. The predicted octanol–water partition coefficient (Wildman–Crippen LogP) is -0.992. The van der Waals surface area contributed by atoms with Gasteiger partial charge in [0, 0.05) is 19.7 Å². The number of carboxylic acid groups (broad SMARTS) is 1. The zero-order valence-electron chi connectivity index (χ0n) is 10.8. The fourth-order valence-corrected chi connectivity index (χ4v) is 1.51. The van der Waals surface area contributed by atoms with E-state index in [1.165, 1.54) is 12.0 Å². The van der Waals surface area contributed by atoms with Crippen LogP contribution >= 0.6 is 0 Å². The first kappa shape index (κ1) is 15.2. The summed E-state index contributed by atoms with van der Waals surface area (Å²) in [7, 11) is 1.52. The molecule has 0 saturated heterocycles. The largest absolute Gasteiger partial charge is 0.480 e. The number of nitrogens with zero attached hydrogens (tertiary/aromatic N) is 1. The number of hydrogen-bond donors (Lipinski definition) is 3. The Bertz CT molecular complexity index is 343. The molecule has 8 heteroatoms. The highest BCUT2D eigenvalue weighted by Crippen LogP contribution is 2.26. The maximum atomic E-state index is 11.7. The number of methoxy groups -OCH3 is 1. The van der Waals surface area contributed by atoms with Crippen LogP contribution in [0.3, 0.4) is 0 Å². The number of carboxylic acids is 1. The number of rotatable bonds is 8. The molecular weight excluding hydrogens is 254 g/mol. The van der Waals surface area contributed by atoms with Gasteiger partial charge in [-0.15, -0.1) is 0 Å². The summed E-state index contributed by atoms with van der Waals surface area (Å²) in [5, 5.41) is 13.7. The molecule has 0 aromatic carbocycles. The SMILES string of the molecule is COCCNC(=O)CNC(=O)N(CC(=O)O)C1CC1. The minimum Gasteiger partial charge on any atom is -0.480 e. The van der Waals surface area contributed by atoms with Crippen LogP contribution in [0.5, 0.6) is 0 Å². The molecule has 0 bridgehead atoms. The Hall–Kier alpha value is -1.83. The molecule has 1 aliphatic carbocycles. The van der Waals surface area contributed by atoms with Crippen molar-refractivity contribution in [2.75, 3.05) is 33.4 Å². The number of nitrogens with one attached hydrogen (secondary N) is 2. The number of carbonyl (C=O) groups is 3. The molecule has 8 nitrogen and oxygen atoms in total. The van der Waals surface area contributed by atoms with E-state index in [0.717, 1.165) is 12.8 Å². The average molecular weight is 273 g/mol. The Morgan fingerprint density at radius 1 is 1.32 bits per heavy atom. The van der Waals surface area contributed by atoms with E-state index in [2.05, 4.69) is 10.6 Å². The zero-order chi connectivity index (χ0) is 14.3. The first-order chi connectivity index (χ1) is 9.04. The molecule has 0 aromatic rings. The predicted molar refractivity (Wildman–Crippen MR) is 65.6 cm³/mol. The minimum atomic E-state index is -1.06. The van der Waals surface area contributed by atoms with Crippen molar-refractivity contribution >= 4 is 17.9 Å². The van der Waals surface area contributed by atoms with Gasteiger partial charge in [-0.3, -0.25) is 9.59 Å². The van der Waals surface area contributed by atoms with Crippen molar-refractivity contribution in [3.05, 3.63) is 0 Å². The van der Waals surface area contributed by atoms with E-state index in [1.54, 1.807) is 0 Å². The van der Waals surface area contributed by atoms with E-state index in [-0.39, 0.29) is 25.0 Å². The van der Waals surface area contributed by atoms with Crippen LogP contribution in [0, 0.1) is 0 Å². The first-order valence-electron chi connectivity index (χ1n) is 6.06. The van der Waals surface area contributed by atoms with Crippen LogP contribution in [0.15, 0.2) is 0 Å². The number of ether oxygens (including phenoxy) is 1. The number of hydrogen-bond acceptors (Lipinski definition) is 4. The van der Waals surface area contributed by atoms with Crippen molar-refractivity contribution in [2.24, 2.45) is 0 Å². The van der Waals surface area contributed by atoms with E-state index in [1.807, 2.05) is 0 Å². The van der Waals surface area contributed by atoms with Crippen molar-refractivity contribution in [3.8, 4) is 0 Å². The van der Waals surface area contributed by atoms with Gasteiger partial charge in [-0.1, -0.05) is 0 Å². The van der Waals surface area contributed by atoms with Crippen LogP contribution in [0.2, 0.25) is 0 Å². The van der Waals surface area contributed by atoms with Crippen LogP contribution in [-0.2, 0) is 14.3 Å². The van der Waals surface area contributed by atoms with Crippen LogP contribution < -0.4 is 10.6 Å². The number of aliphatic carboxylic acids is 1. The fourth-order valence-electron chi connectivity index (χ4n) is 1.51. The van der Waals surface area contributed by atoms with Gasteiger partial charge in [0.1, 0.15) is 6.54 Å². The zero-order valence-corrected chi connectivity index (χ0v) is 10.8. The monoisotopic (exact) mass is 273 g/mol. The van der Waals surface area contributed by atoms with E-state index in [4.69, 9.17) is 9.84 Å². The third kappa shape index (κ3) is 6.05. The van der Waals surface area contributed by atoms with Gasteiger partial charge in [0.15, 0.2) is 0 Å². The van der Waals surface area contributed by atoms with E-state index in [0.29, 0.717) is 13.2 Å². The Balaban J connectivity index is 2.27. The fraction of sp³-hybridized carbons (Fsp3) is 0.727.